The van der Waals surface area contributed by atoms with E-state index in [-0.39, 0.29) is 0 Å². The topological polar surface area (TPSA) is 29.5 Å². The fraction of sp³-hybridized carbons (Fsp3) is 0.647. The Morgan fingerprint density at radius 2 is 2.20 bits per heavy atom. The SMILES string of the molecule is CC1CCC(O)(Cc2cc(Br)cc3c2OCC3)C(C)C1. The van der Waals surface area contributed by atoms with Crippen molar-refractivity contribution < 1.29 is 9.84 Å². The van der Waals surface area contributed by atoms with Crippen molar-refractivity contribution in [3.05, 3.63) is 27.7 Å². The van der Waals surface area contributed by atoms with E-state index in [4.69, 9.17) is 4.74 Å². The second kappa shape index (κ2) is 5.34. The highest BCUT2D eigenvalue weighted by Crippen LogP contribution is 2.42. The molecule has 3 rings (SSSR count). The first kappa shape index (κ1) is 14.4. The van der Waals surface area contributed by atoms with E-state index in [0.29, 0.717) is 12.3 Å². The molecule has 0 bridgehead atoms. The van der Waals surface area contributed by atoms with Crippen molar-refractivity contribution in [1.82, 2.24) is 0 Å². The zero-order valence-electron chi connectivity index (χ0n) is 12.3. The van der Waals surface area contributed by atoms with Crippen molar-refractivity contribution in [1.29, 1.82) is 0 Å². The summed E-state index contributed by atoms with van der Waals surface area (Å²) in [5.41, 5.74) is 1.86. The number of aliphatic hydroxyl groups is 1. The molecule has 1 fully saturated rings. The first-order valence-corrected chi connectivity index (χ1v) is 8.44. The first-order valence-electron chi connectivity index (χ1n) is 7.64. The molecule has 0 aromatic heterocycles. The predicted molar refractivity (Wildman–Crippen MR) is 84.2 cm³/mol. The van der Waals surface area contributed by atoms with Crippen molar-refractivity contribution >= 4 is 15.9 Å². The maximum atomic E-state index is 11.1. The zero-order chi connectivity index (χ0) is 14.3. The number of hydrogen-bond donors (Lipinski definition) is 1. The Morgan fingerprint density at radius 3 is 2.95 bits per heavy atom. The number of halogens is 1. The molecule has 0 radical (unpaired) electrons. The van der Waals surface area contributed by atoms with Gasteiger partial charge in [0.15, 0.2) is 0 Å². The highest BCUT2D eigenvalue weighted by Gasteiger charge is 2.39. The van der Waals surface area contributed by atoms with Crippen LogP contribution in [0.4, 0.5) is 0 Å². The van der Waals surface area contributed by atoms with Gasteiger partial charge in [0.2, 0.25) is 0 Å². The zero-order valence-corrected chi connectivity index (χ0v) is 13.9. The van der Waals surface area contributed by atoms with Gasteiger partial charge in [0.25, 0.3) is 0 Å². The quantitative estimate of drug-likeness (QED) is 0.879. The molecule has 1 aromatic carbocycles. The molecular formula is C17H23BrO2. The third-order valence-corrected chi connectivity index (χ3v) is 5.52. The van der Waals surface area contributed by atoms with Gasteiger partial charge in [0.05, 0.1) is 12.2 Å². The lowest BCUT2D eigenvalue weighted by molar-refractivity contribution is -0.0525. The molecule has 1 heterocycles. The maximum absolute atomic E-state index is 11.1. The van der Waals surface area contributed by atoms with E-state index in [1.807, 2.05) is 0 Å². The molecule has 0 saturated heterocycles. The summed E-state index contributed by atoms with van der Waals surface area (Å²) in [5.74, 6) is 2.10. The lowest BCUT2D eigenvalue weighted by atomic mass is 9.69. The minimum absolute atomic E-state index is 0.349. The molecule has 3 unspecified atom stereocenters. The third-order valence-electron chi connectivity index (χ3n) is 5.07. The van der Waals surface area contributed by atoms with Crippen LogP contribution in [0.15, 0.2) is 16.6 Å². The minimum atomic E-state index is -0.576. The average molecular weight is 339 g/mol. The molecule has 0 amide bonds. The first-order chi connectivity index (χ1) is 9.48. The molecule has 110 valence electrons. The Hall–Kier alpha value is -0.540. The van der Waals surface area contributed by atoms with Crippen LogP contribution in [0.25, 0.3) is 0 Å². The summed E-state index contributed by atoms with van der Waals surface area (Å²) in [7, 11) is 0. The van der Waals surface area contributed by atoms with Crippen molar-refractivity contribution in [2.45, 2.75) is 51.6 Å². The highest BCUT2D eigenvalue weighted by atomic mass is 79.9. The van der Waals surface area contributed by atoms with Crippen molar-refractivity contribution in [2.75, 3.05) is 6.61 Å². The van der Waals surface area contributed by atoms with Gasteiger partial charge in [-0.25, -0.2) is 0 Å². The van der Waals surface area contributed by atoms with Crippen LogP contribution in [0.2, 0.25) is 0 Å². The molecule has 1 aliphatic carbocycles. The summed E-state index contributed by atoms with van der Waals surface area (Å²) in [4.78, 5) is 0. The lowest BCUT2D eigenvalue weighted by Crippen LogP contribution is -2.43. The predicted octanol–water partition coefficient (Wildman–Crippen LogP) is 4.11. The number of ether oxygens (including phenoxy) is 1. The van der Waals surface area contributed by atoms with Crippen molar-refractivity contribution in [3.8, 4) is 5.75 Å². The summed E-state index contributed by atoms with van der Waals surface area (Å²) in [6.07, 6.45) is 4.83. The number of benzene rings is 1. The van der Waals surface area contributed by atoms with E-state index in [2.05, 4.69) is 41.9 Å². The molecule has 3 atom stereocenters. The molecule has 1 aromatic rings. The Balaban J connectivity index is 1.88. The fourth-order valence-electron chi connectivity index (χ4n) is 3.75. The van der Waals surface area contributed by atoms with Gasteiger partial charge in [0.1, 0.15) is 5.75 Å². The second-order valence-electron chi connectivity index (χ2n) is 6.71. The number of hydrogen-bond acceptors (Lipinski definition) is 2. The average Bonchev–Trinajstić information content (AvgIpc) is 2.83. The van der Waals surface area contributed by atoms with E-state index < -0.39 is 5.60 Å². The van der Waals surface area contributed by atoms with Crippen LogP contribution in [0, 0.1) is 11.8 Å². The molecule has 2 aliphatic rings. The highest BCUT2D eigenvalue weighted by molar-refractivity contribution is 9.10. The lowest BCUT2D eigenvalue weighted by Gasteiger charge is -2.41. The summed E-state index contributed by atoms with van der Waals surface area (Å²) < 4.78 is 6.89. The van der Waals surface area contributed by atoms with Gasteiger partial charge in [-0.3, -0.25) is 0 Å². The van der Waals surface area contributed by atoms with Gasteiger partial charge in [-0.2, -0.15) is 0 Å². The molecule has 1 N–H and O–H groups in total. The van der Waals surface area contributed by atoms with Crippen molar-refractivity contribution in [3.63, 3.8) is 0 Å². The van der Waals surface area contributed by atoms with E-state index in [1.165, 1.54) is 5.56 Å². The molecule has 2 nitrogen and oxygen atoms in total. The molecule has 1 aliphatic heterocycles. The number of fused-ring (bicyclic) bond motifs is 1. The Labute approximate surface area is 129 Å². The van der Waals surface area contributed by atoms with Crippen molar-refractivity contribution in [2.24, 2.45) is 11.8 Å². The van der Waals surface area contributed by atoms with E-state index in [1.54, 1.807) is 0 Å². The van der Waals surface area contributed by atoms with Crippen LogP contribution >= 0.6 is 15.9 Å². The molecule has 0 spiro atoms. The van der Waals surface area contributed by atoms with Crippen LogP contribution in [-0.4, -0.2) is 17.3 Å². The molecule has 3 heteroatoms. The largest absolute Gasteiger partial charge is 0.493 e. The second-order valence-corrected chi connectivity index (χ2v) is 7.63. The molecular weight excluding hydrogens is 316 g/mol. The Bertz CT molecular complexity index is 514. The summed E-state index contributed by atoms with van der Waals surface area (Å²) >= 11 is 3.59. The summed E-state index contributed by atoms with van der Waals surface area (Å²) in [6, 6.07) is 4.26. The smallest absolute Gasteiger partial charge is 0.125 e. The van der Waals surface area contributed by atoms with E-state index in [0.717, 1.165) is 54.0 Å². The van der Waals surface area contributed by atoms with Gasteiger partial charge in [-0.1, -0.05) is 29.8 Å². The summed E-state index contributed by atoms with van der Waals surface area (Å²) in [5, 5.41) is 11.1. The van der Waals surface area contributed by atoms with Gasteiger partial charge in [-0.05, 0) is 54.4 Å². The van der Waals surface area contributed by atoms with E-state index in [9.17, 15) is 5.11 Å². The van der Waals surface area contributed by atoms with Crippen LogP contribution in [-0.2, 0) is 12.8 Å². The Kier molecular flexibility index (Phi) is 3.85. The standard InChI is InChI=1S/C17H23BrO2/c1-11-3-5-17(19,12(2)7-11)10-14-9-15(18)8-13-4-6-20-16(13)14/h8-9,11-12,19H,3-7,10H2,1-2H3. The third kappa shape index (κ3) is 2.62. The van der Waals surface area contributed by atoms with E-state index >= 15 is 0 Å². The monoisotopic (exact) mass is 338 g/mol. The Morgan fingerprint density at radius 1 is 1.40 bits per heavy atom. The van der Waals surface area contributed by atoms with Gasteiger partial charge < -0.3 is 9.84 Å². The van der Waals surface area contributed by atoms with Crippen LogP contribution in [0.1, 0.15) is 44.2 Å². The summed E-state index contributed by atoms with van der Waals surface area (Å²) in [6.45, 7) is 5.24. The normalized spacial score (nSPS) is 32.8. The van der Waals surface area contributed by atoms with Gasteiger partial charge in [0, 0.05) is 17.3 Å². The molecule has 20 heavy (non-hydrogen) atoms. The van der Waals surface area contributed by atoms with Crippen LogP contribution in [0.5, 0.6) is 5.75 Å². The van der Waals surface area contributed by atoms with Gasteiger partial charge >= 0.3 is 0 Å². The maximum Gasteiger partial charge on any atom is 0.125 e. The van der Waals surface area contributed by atoms with Crippen LogP contribution < -0.4 is 4.74 Å². The fourth-order valence-corrected chi connectivity index (χ4v) is 4.31. The van der Waals surface area contributed by atoms with Crippen LogP contribution in [0.3, 0.4) is 0 Å². The minimum Gasteiger partial charge on any atom is -0.493 e. The number of rotatable bonds is 2. The van der Waals surface area contributed by atoms with Gasteiger partial charge in [-0.15, -0.1) is 0 Å². The molecule has 1 saturated carbocycles.